The Morgan fingerprint density at radius 1 is 1.18 bits per heavy atom. The first-order chi connectivity index (χ1) is 8.20. The van der Waals surface area contributed by atoms with E-state index in [1.165, 1.54) is 44.4 Å². The third-order valence-electron chi connectivity index (χ3n) is 2.72. The minimum atomic E-state index is 0.605. The van der Waals surface area contributed by atoms with Crippen LogP contribution in [0.3, 0.4) is 0 Å². The molecule has 0 aromatic carbocycles. The molecule has 3 nitrogen and oxygen atoms in total. The van der Waals surface area contributed by atoms with Gasteiger partial charge in [0.1, 0.15) is 0 Å². The van der Waals surface area contributed by atoms with Gasteiger partial charge >= 0.3 is 0 Å². The van der Waals surface area contributed by atoms with Gasteiger partial charge in [0.25, 0.3) is 0 Å². The summed E-state index contributed by atoms with van der Waals surface area (Å²) in [7, 11) is 0. The Morgan fingerprint density at radius 3 is 2.47 bits per heavy atom. The van der Waals surface area contributed by atoms with Crippen molar-refractivity contribution in [2.75, 3.05) is 39.0 Å². The SMILES string of the molecule is CCN(CCCCOSC)CCCNC(C)C. The summed E-state index contributed by atoms with van der Waals surface area (Å²) >= 11 is 1.46. The number of unbranched alkanes of at least 4 members (excludes halogenated alkanes) is 1. The number of hydrogen-bond donors (Lipinski definition) is 1. The molecule has 104 valence electrons. The maximum Gasteiger partial charge on any atom is 0.0614 e. The van der Waals surface area contributed by atoms with Crippen molar-refractivity contribution in [2.24, 2.45) is 0 Å². The summed E-state index contributed by atoms with van der Waals surface area (Å²) in [5.74, 6) is 0. The largest absolute Gasteiger partial charge is 0.316 e. The van der Waals surface area contributed by atoms with E-state index in [-0.39, 0.29) is 0 Å². The maximum absolute atomic E-state index is 5.26. The van der Waals surface area contributed by atoms with Gasteiger partial charge in [-0.05, 0) is 57.5 Å². The summed E-state index contributed by atoms with van der Waals surface area (Å²) in [5, 5.41) is 3.46. The van der Waals surface area contributed by atoms with Crippen molar-refractivity contribution in [1.82, 2.24) is 10.2 Å². The van der Waals surface area contributed by atoms with Crippen LogP contribution >= 0.6 is 12.0 Å². The highest BCUT2D eigenvalue weighted by molar-refractivity contribution is 7.93. The van der Waals surface area contributed by atoms with E-state index in [0.717, 1.165) is 19.7 Å². The van der Waals surface area contributed by atoms with Crippen molar-refractivity contribution in [3.8, 4) is 0 Å². The maximum atomic E-state index is 5.26. The van der Waals surface area contributed by atoms with Gasteiger partial charge in [0.15, 0.2) is 0 Å². The van der Waals surface area contributed by atoms with E-state index in [1.807, 2.05) is 6.26 Å². The second-order valence-corrected chi connectivity index (χ2v) is 5.16. The molecule has 0 aromatic heterocycles. The quantitative estimate of drug-likeness (QED) is 0.432. The van der Waals surface area contributed by atoms with E-state index in [1.54, 1.807) is 0 Å². The van der Waals surface area contributed by atoms with Gasteiger partial charge in [-0.2, -0.15) is 0 Å². The molecule has 4 heteroatoms. The van der Waals surface area contributed by atoms with Crippen LogP contribution in [0.2, 0.25) is 0 Å². The average molecular weight is 262 g/mol. The molecule has 0 amide bonds. The van der Waals surface area contributed by atoms with Crippen molar-refractivity contribution >= 4 is 12.0 Å². The molecular formula is C13H30N2OS. The summed E-state index contributed by atoms with van der Waals surface area (Å²) in [6, 6.07) is 0.605. The van der Waals surface area contributed by atoms with E-state index in [2.05, 4.69) is 31.0 Å². The molecule has 0 saturated heterocycles. The van der Waals surface area contributed by atoms with Crippen LogP contribution in [-0.2, 0) is 4.18 Å². The Hall–Kier alpha value is 0.230. The van der Waals surface area contributed by atoms with Crippen LogP contribution in [0.5, 0.6) is 0 Å². The van der Waals surface area contributed by atoms with Gasteiger partial charge < -0.3 is 14.4 Å². The van der Waals surface area contributed by atoms with E-state index >= 15 is 0 Å². The standard InChI is InChI=1S/C13H30N2OS/c1-5-15(10-6-7-12-16-17-4)11-8-9-14-13(2)3/h13-14H,5-12H2,1-4H3. The molecule has 0 aromatic rings. The zero-order valence-corrected chi connectivity index (χ0v) is 12.8. The molecular weight excluding hydrogens is 232 g/mol. The third kappa shape index (κ3) is 12.5. The smallest absolute Gasteiger partial charge is 0.0614 e. The lowest BCUT2D eigenvalue weighted by molar-refractivity contribution is 0.264. The molecule has 0 radical (unpaired) electrons. The Bertz CT molecular complexity index is 156. The van der Waals surface area contributed by atoms with Gasteiger partial charge in [0, 0.05) is 12.3 Å². The second-order valence-electron chi connectivity index (χ2n) is 4.59. The van der Waals surface area contributed by atoms with E-state index in [0.29, 0.717) is 6.04 Å². The molecule has 17 heavy (non-hydrogen) atoms. The Labute approximate surface area is 112 Å². The summed E-state index contributed by atoms with van der Waals surface area (Å²) in [6.45, 7) is 12.2. The van der Waals surface area contributed by atoms with Crippen LogP contribution in [-0.4, -0.2) is 50.0 Å². The molecule has 0 rings (SSSR count). The molecule has 0 aliphatic rings. The first kappa shape index (κ1) is 17.2. The number of nitrogens with zero attached hydrogens (tertiary/aromatic N) is 1. The van der Waals surface area contributed by atoms with Crippen molar-refractivity contribution in [1.29, 1.82) is 0 Å². The average Bonchev–Trinajstić information content (AvgIpc) is 2.31. The zero-order chi connectivity index (χ0) is 12.9. The highest BCUT2D eigenvalue weighted by Crippen LogP contribution is 2.01. The molecule has 0 saturated carbocycles. The third-order valence-corrected chi connectivity index (χ3v) is 3.12. The minimum Gasteiger partial charge on any atom is -0.316 e. The van der Waals surface area contributed by atoms with Crippen molar-refractivity contribution in [2.45, 2.75) is 46.1 Å². The van der Waals surface area contributed by atoms with Gasteiger partial charge in [0.2, 0.25) is 0 Å². The zero-order valence-electron chi connectivity index (χ0n) is 12.0. The van der Waals surface area contributed by atoms with E-state index in [9.17, 15) is 0 Å². The van der Waals surface area contributed by atoms with Crippen molar-refractivity contribution in [3.05, 3.63) is 0 Å². The molecule has 0 heterocycles. The fraction of sp³-hybridized carbons (Fsp3) is 1.00. The van der Waals surface area contributed by atoms with Crippen LogP contribution in [0.1, 0.15) is 40.0 Å². The molecule has 0 aliphatic heterocycles. The van der Waals surface area contributed by atoms with E-state index < -0.39 is 0 Å². The first-order valence-corrected chi connectivity index (χ1v) is 7.97. The molecule has 0 bridgehead atoms. The van der Waals surface area contributed by atoms with Crippen molar-refractivity contribution < 1.29 is 4.18 Å². The molecule has 0 unspecified atom stereocenters. The number of nitrogens with one attached hydrogen (secondary N) is 1. The van der Waals surface area contributed by atoms with Gasteiger partial charge in [-0.25, -0.2) is 0 Å². The highest BCUT2D eigenvalue weighted by Gasteiger charge is 2.02. The molecule has 0 atom stereocenters. The molecule has 0 aliphatic carbocycles. The predicted molar refractivity (Wildman–Crippen MR) is 78.6 cm³/mol. The van der Waals surface area contributed by atoms with Gasteiger partial charge in [-0.15, -0.1) is 0 Å². The van der Waals surface area contributed by atoms with Crippen LogP contribution < -0.4 is 5.32 Å². The Morgan fingerprint density at radius 2 is 1.88 bits per heavy atom. The van der Waals surface area contributed by atoms with Crippen molar-refractivity contribution in [3.63, 3.8) is 0 Å². The Balaban J connectivity index is 3.36. The van der Waals surface area contributed by atoms with E-state index in [4.69, 9.17) is 4.18 Å². The molecule has 1 N–H and O–H groups in total. The summed E-state index contributed by atoms with van der Waals surface area (Å²) in [5.41, 5.74) is 0. The predicted octanol–water partition coefficient (Wildman–Crippen LogP) is 2.77. The summed E-state index contributed by atoms with van der Waals surface area (Å²) < 4.78 is 5.26. The van der Waals surface area contributed by atoms with Gasteiger partial charge in [-0.1, -0.05) is 20.8 Å². The lowest BCUT2D eigenvalue weighted by Crippen LogP contribution is -2.30. The topological polar surface area (TPSA) is 24.5 Å². The Kier molecular flexibility index (Phi) is 12.9. The first-order valence-electron chi connectivity index (χ1n) is 6.82. The lowest BCUT2D eigenvalue weighted by Gasteiger charge is -2.20. The van der Waals surface area contributed by atoms with Gasteiger partial charge in [0.05, 0.1) is 6.61 Å². The summed E-state index contributed by atoms with van der Waals surface area (Å²) in [6.07, 6.45) is 5.63. The van der Waals surface area contributed by atoms with Crippen LogP contribution in [0.4, 0.5) is 0 Å². The fourth-order valence-corrected chi connectivity index (χ4v) is 1.99. The van der Waals surface area contributed by atoms with Crippen LogP contribution in [0, 0.1) is 0 Å². The normalized spacial score (nSPS) is 11.6. The number of hydrogen-bond acceptors (Lipinski definition) is 4. The number of rotatable bonds is 12. The van der Waals surface area contributed by atoms with Gasteiger partial charge in [-0.3, -0.25) is 0 Å². The fourth-order valence-electron chi connectivity index (χ4n) is 1.70. The van der Waals surface area contributed by atoms with Crippen LogP contribution in [0.15, 0.2) is 0 Å². The highest BCUT2D eigenvalue weighted by atomic mass is 32.2. The monoisotopic (exact) mass is 262 g/mol. The molecule has 0 fully saturated rings. The van der Waals surface area contributed by atoms with Crippen LogP contribution in [0.25, 0.3) is 0 Å². The minimum absolute atomic E-state index is 0.605. The lowest BCUT2D eigenvalue weighted by atomic mass is 10.2. The summed E-state index contributed by atoms with van der Waals surface area (Å²) in [4.78, 5) is 2.53. The second kappa shape index (κ2) is 12.7. The molecule has 0 spiro atoms.